The zero-order valence-corrected chi connectivity index (χ0v) is 10.1. The van der Waals surface area contributed by atoms with E-state index in [-0.39, 0.29) is 11.4 Å². The molecule has 1 heterocycles. The van der Waals surface area contributed by atoms with Crippen molar-refractivity contribution in [3.05, 3.63) is 59.4 Å². The van der Waals surface area contributed by atoms with Crippen molar-refractivity contribution in [2.75, 3.05) is 5.32 Å². The molecule has 2 rings (SSSR count). The number of carbonyl (C=O) groups is 2. The molecule has 0 fully saturated rings. The zero-order valence-electron chi connectivity index (χ0n) is 10.1. The summed E-state index contributed by atoms with van der Waals surface area (Å²) in [6.45, 7) is 0. The number of hydrogen-bond acceptors (Lipinski definition) is 3. The number of halogens is 2. The number of nitrogens with one attached hydrogen (secondary N) is 1. The van der Waals surface area contributed by atoms with Gasteiger partial charge in [0.1, 0.15) is 17.3 Å². The first-order chi connectivity index (χ1) is 9.47. The fourth-order valence-electron chi connectivity index (χ4n) is 1.48. The van der Waals surface area contributed by atoms with E-state index in [0.717, 1.165) is 18.2 Å². The minimum atomic E-state index is -0.842. The van der Waals surface area contributed by atoms with Gasteiger partial charge in [0.25, 0.3) is 11.8 Å². The number of nitrogens with two attached hydrogens (primary N) is 1. The van der Waals surface area contributed by atoms with Gasteiger partial charge in [-0.1, -0.05) is 0 Å². The highest BCUT2D eigenvalue weighted by molar-refractivity contribution is 6.04. The van der Waals surface area contributed by atoms with Crippen LogP contribution < -0.4 is 11.1 Å². The SMILES string of the molecule is NC(=O)c1ccc(NC(=O)c2cc(F)ccc2F)cn1. The lowest BCUT2D eigenvalue weighted by Gasteiger charge is -2.06. The van der Waals surface area contributed by atoms with Crippen LogP contribution in [0.3, 0.4) is 0 Å². The van der Waals surface area contributed by atoms with Crippen LogP contribution in [-0.2, 0) is 0 Å². The topological polar surface area (TPSA) is 85.1 Å². The minimum absolute atomic E-state index is 0.0277. The third kappa shape index (κ3) is 2.94. The summed E-state index contributed by atoms with van der Waals surface area (Å²) in [5.41, 5.74) is 4.84. The second kappa shape index (κ2) is 5.43. The Balaban J connectivity index is 2.19. The standard InChI is InChI=1S/C13H9F2N3O2/c14-7-1-3-10(15)9(5-7)13(20)18-8-2-4-11(12(16)19)17-6-8/h1-6H,(H2,16,19)(H,18,20). The zero-order chi connectivity index (χ0) is 14.7. The molecule has 20 heavy (non-hydrogen) atoms. The van der Waals surface area contributed by atoms with E-state index in [4.69, 9.17) is 5.73 Å². The number of carbonyl (C=O) groups excluding carboxylic acids is 2. The van der Waals surface area contributed by atoms with Crippen molar-refractivity contribution < 1.29 is 18.4 Å². The van der Waals surface area contributed by atoms with Crippen molar-refractivity contribution in [3.8, 4) is 0 Å². The van der Waals surface area contributed by atoms with Crippen LogP contribution in [0.25, 0.3) is 0 Å². The molecule has 0 aliphatic rings. The van der Waals surface area contributed by atoms with Crippen molar-refractivity contribution >= 4 is 17.5 Å². The average molecular weight is 277 g/mol. The summed E-state index contributed by atoms with van der Waals surface area (Å²) in [5, 5.41) is 2.33. The Kier molecular flexibility index (Phi) is 3.69. The van der Waals surface area contributed by atoms with Gasteiger partial charge in [0.2, 0.25) is 0 Å². The highest BCUT2D eigenvalue weighted by Crippen LogP contribution is 2.13. The van der Waals surface area contributed by atoms with Gasteiger partial charge >= 0.3 is 0 Å². The predicted molar refractivity (Wildman–Crippen MR) is 67.1 cm³/mol. The van der Waals surface area contributed by atoms with E-state index < -0.39 is 29.0 Å². The van der Waals surface area contributed by atoms with Gasteiger partial charge in [-0.25, -0.2) is 13.8 Å². The van der Waals surface area contributed by atoms with Crippen LogP contribution in [0.4, 0.5) is 14.5 Å². The van der Waals surface area contributed by atoms with Crippen LogP contribution >= 0.6 is 0 Å². The molecule has 5 nitrogen and oxygen atoms in total. The molecule has 0 aliphatic carbocycles. The average Bonchev–Trinajstić information content (AvgIpc) is 2.42. The highest BCUT2D eigenvalue weighted by Gasteiger charge is 2.13. The maximum Gasteiger partial charge on any atom is 0.267 e. The molecule has 0 unspecified atom stereocenters. The minimum Gasteiger partial charge on any atom is -0.364 e. The Morgan fingerprint density at radius 2 is 1.90 bits per heavy atom. The molecule has 0 saturated carbocycles. The fourth-order valence-corrected chi connectivity index (χ4v) is 1.48. The largest absolute Gasteiger partial charge is 0.364 e. The van der Waals surface area contributed by atoms with E-state index in [2.05, 4.69) is 10.3 Å². The van der Waals surface area contributed by atoms with Gasteiger partial charge in [-0.2, -0.15) is 0 Å². The Labute approximate surface area is 112 Å². The van der Waals surface area contributed by atoms with Crippen molar-refractivity contribution in [2.45, 2.75) is 0 Å². The monoisotopic (exact) mass is 277 g/mol. The van der Waals surface area contributed by atoms with Gasteiger partial charge < -0.3 is 11.1 Å². The molecule has 1 aromatic carbocycles. The van der Waals surface area contributed by atoms with Crippen molar-refractivity contribution in [1.82, 2.24) is 4.98 Å². The smallest absolute Gasteiger partial charge is 0.267 e. The summed E-state index contributed by atoms with van der Waals surface area (Å²) < 4.78 is 26.4. The van der Waals surface area contributed by atoms with Gasteiger partial charge in [0, 0.05) is 0 Å². The Bertz CT molecular complexity index is 672. The molecule has 7 heteroatoms. The third-order valence-electron chi connectivity index (χ3n) is 2.45. The molecule has 2 aromatic rings. The molecule has 1 aromatic heterocycles. The van der Waals surface area contributed by atoms with E-state index in [1.807, 2.05) is 0 Å². The molecular formula is C13H9F2N3O2. The number of primary amides is 1. The summed E-state index contributed by atoms with van der Waals surface area (Å²) in [7, 11) is 0. The van der Waals surface area contributed by atoms with Crippen LogP contribution in [0.5, 0.6) is 0 Å². The number of nitrogens with zero attached hydrogens (tertiary/aromatic N) is 1. The fraction of sp³-hybridized carbons (Fsp3) is 0. The second-order valence-corrected chi connectivity index (χ2v) is 3.87. The van der Waals surface area contributed by atoms with Crippen molar-refractivity contribution in [2.24, 2.45) is 5.73 Å². The summed E-state index contributed by atoms with van der Waals surface area (Å²) in [6.07, 6.45) is 1.19. The molecule has 0 aliphatic heterocycles. The number of rotatable bonds is 3. The molecule has 0 spiro atoms. The summed E-state index contributed by atoms with van der Waals surface area (Å²) >= 11 is 0. The van der Waals surface area contributed by atoms with E-state index in [1.165, 1.54) is 18.3 Å². The number of hydrogen-bond donors (Lipinski definition) is 2. The van der Waals surface area contributed by atoms with E-state index in [1.54, 1.807) is 0 Å². The molecular weight excluding hydrogens is 268 g/mol. The number of amides is 2. The van der Waals surface area contributed by atoms with Crippen LogP contribution in [0.1, 0.15) is 20.8 Å². The predicted octanol–water partition coefficient (Wildman–Crippen LogP) is 1.71. The Hall–Kier alpha value is -2.83. The van der Waals surface area contributed by atoms with Gasteiger partial charge in [-0.05, 0) is 30.3 Å². The molecule has 0 atom stereocenters. The molecule has 0 radical (unpaired) electrons. The highest BCUT2D eigenvalue weighted by atomic mass is 19.1. The first kappa shape index (κ1) is 13.6. The van der Waals surface area contributed by atoms with E-state index in [9.17, 15) is 18.4 Å². The lowest BCUT2D eigenvalue weighted by Crippen LogP contribution is -2.16. The molecule has 0 saturated heterocycles. The maximum absolute atomic E-state index is 13.4. The third-order valence-corrected chi connectivity index (χ3v) is 2.45. The number of anilines is 1. The van der Waals surface area contributed by atoms with Crippen LogP contribution in [-0.4, -0.2) is 16.8 Å². The van der Waals surface area contributed by atoms with Crippen LogP contribution in [0.15, 0.2) is 36.5 Å². The van der Waals surface area contributed by atoms with Gasteiger partial charge in [0.15, 0.2) is 0 Å². The second-order valence-electron chi connectivity index (χ2n) is 3.87. The van der Waals surface area contributed by atoms with Gasteiger partial charge in [-0.15, -0.1) is 0 Å². The van der Waals surface area contributed by atoms with E-state index in [0.29, 0.717) is 0 Å². The Morgan fingerprint density at radius 3 is 2.50 bits per heavy atom. The van der Waals surface area contributed by atoms with Crippen LogP contribution in [0.2, 0.25) is 0 Å². The Morgan fingerprint density at radius 1 is 1.15 bits per heavy atom. The molecule has 102 valence electrons. The van der Waals surface area contributed by atoms with Gasteiger partial charge in [-0.3, -0.25) is 9.59 Å². The first-order valence-electron chi connectivity index (χ1n) is 5.49. The molecule has 0 bridgehead atoms. The van der Waals surface area contributed by atoms with E-state index >= 15 is 0 Å². The lowest BCUT2D eigenvalue weighted by atomic mass is 10.2. The number of aromatic nitrogens is 1. The van der Waals surface area contributed by atoms with Gasteiger partial charge in [0.05, 0.1) is 17.4 Å². The quantitative estimate of drug-likeness (QED) is 0.895. The van der Waals surface area contributed by atoms with Crippen molar-refractivity contribution in [3.63, 3.8) is 0 Å². The maximum atomic E-state index is 13.4. The normalized spacial score (nSPS) is 10.1. The number of pyridine rings is 1. The number of benzene rings is 1. The lowest BCUT2D eigenvalue weighted by molar-refractivity contribution is 0.0993. The summed E-state index contributed by atoms with van der Waals surface area (Å²) in [5.74, 6) is -3.10. The summed E-state index contributed by atoms with van der Waals surface area (Å²) in [4.78, 5) is 26.3. The summed E-state index contributed by atoms with van der Waals surface area (Å²) in [6, 6.07) is 5.24. The first-order valence-corrected chi connectivity index (χ1v) is 5.49. The van der Waals surface area contributed by atoms with Crippen molar-refractivity contribution in [1.29, 1.82) is 0 Å². The molecule has 2 amide bonds. The molecule has 3 N–H and O–H groups in total. The van der Waals surface area contributed by atoms with Crippen LogP contribution in [0, 0.1) is 11.6 Å².